The first kappa shape index (κ1) is 30.3. The van der Waals surface area contributed by atoms with Gasteiger partial charge in [0.15, 0.2) is 17.5 Å². The molecule has 0 aliphatic rings. The van der Waals surface area contributed by atoms with Crippen molar-refractivity contribution in [2.75, 3.05) is 0 Å². The van der Waals surface area contributed by atoms with E-state index in [-0.39, 0.29) is 0 Å². The lowest BCUT2D eigenvalue weighted by Crippen LogP contribution is -2.00. The van der Waals surface area contributed by atoms with Crippen LogP contribution in [0.3, 0.4) is 0 Å². The van der Waals surface area contributed by atoms with Gasteiger partial charge in [0.05, 0.1) is 11.0 Å². The molecule has 3 heterocycles. The van der Waals surface area contributed by atoms with Crippen LogP contribution < -0.4 is 0 Å². The fourth-order valence-electron chi connectivity index (χ4n) is 7.86. The number of benzene rings is 8. The van der Waals surface area contributed by atoms with Crippen molar-refractivity contribution in [1.29, 1.82) is 0 Å². The molecule has 11 aromatic rings. The van der Waals surface area contributed by atoms with E-state index in [4.69, 9.17) is 19.4 Å². The first-order valence-electron chi connectivity index (χ1n) is 18.1. The number of para-hydroxylation sites is 2. The van der Waals surface area contributed by atoms with Crippen LogP contribution in [0.4, 0.5) is 0 Å². The number of rotatable bonds is 5. The van der Waals surface area contributed by atoms with Crippen molar-refractivity contribution in [2.24, 2.45) is 0 Å². The third kappa shape index (κ3) is 4.90. The van der Waals surface area contributed by atoms with E-state index in [0.29, 0.717) is 17.5 Å². The lowest BCUT2D eigenvalue weighted by molar-refractivity contribution is 0.668. The molecule has 0 amide bonds. The van der Waals surface area contributed by atoms with Crippen LogP contribution >= 0.6 is 0 Å². The highest BCUT2D eigenvalue weighted by molar-refractivity contribution is 6.13. The van der Waals surface area contributed by atoms with Gasteiger partial charge < -0.3 is 8.98 Å². The van der Waals surface area contributed by atoms with Crippen molar-refractivity contribution in [2.45, 2.75) is 0 Å². The molecule has 5 nitrogen and oxygen atoms in total. The molecule has 0 fully saturated rings. The van der Waals surface area contributed by atoms with E-state index in [0.717, 1.165) is 60.9 Å². The predicted molar refractivity (Wildman–Crippen MR) is 221 cm³/mol. The largest absolute Gasteiger partial charge is 0.456 e. The lowest BCUT2D eigenvalue weighted by atomic mass is 10.00. The number of fused-ring (bicyclic) bond motifs is 7. The Bertz CT molecular complexity index is 3160. The molecule has 0 N–H and O–H groups in total. The molecular formula is C49H30N4O. The van der Waals surface area contributed by atoms with Gasteiger partial charge in [-0.3, -0.25) is 0 Å². The van der Waals surface area contributed by atoms with Crippen LogP contribution in [-0.2, 0) is 0 Å². The molecule has 0 atom stereocenters. The first-order valence-corrected chi connectivity index (χ1v) is 18.1. The Kier molecular flexibility index (Phi) is 6.79. The predicted octanol–water partition coefficient (Wildman–Crippen LogP) is 12.7. The average Bonchev–Trinajstić information content (AvgIpc) is 3.79. The topological polar surface area (TPSA) is 56.7 Å². The Morgan fingerprint density at radius 3 is 1.74 bits per heavy atom. The molecule has 0 radical (unpaired) electrons. The number of hydrogen-bond acceptors (Lipinski definition) is 4. The van der Waals surface area contributed by atoms with Crippen LogP contribution in [0.2, 0.25) is 0 Å². The van der Waals surface area contributed by atoms with Gasteiger partial charge >= 0.3 is 0 Å². The molecule has 0 aliphatic heterocycles. The summed E-state index contributed by atoms with van der Waals surface area (Å²) in [6, 6.07) is 63.3. The summed E-state index contributed by atoms with van der Waals surface area (Å²) in [6.45, 7) is 0. The maximum Gasteiger partial charge on any atom is 0.164 e. The number of nitrogens with zero attached hydrogens (tertiary/aromatic N) is 4. The highest BCUT2D eigenvalue weighted by atomic mass is 16.3. The Morgan fingerprint density at radius 1 is 0.370 bits per heavy atom. The lowest BCUT2D eigenvalue weighted by Gasteiger charge is -2.10. The monoisotopic (exact) mass is 690 g/mol. The minimum atomic E-state index is 0.595. The maximum atomic E-state index is 6.60. The summed E-state index contributed by atoms with van der Waals surface area (Å²) in [5.41, 5.74) is 9.99. The summed E-state index contributed by atoms with van der Waals surface area (Å²) in [7, 11) is 0. The smallest absolute Gasteiger partial charge is 0.164 e. The standard InChI is InChI=1S/C49H30N4O/c1-2-12-33(13-3-1)47-50-48(34-24-21-32(22-25-34)36-26-23-31-11-4-5-14-35(31)29-36)52-49(51-47)41-17-10-20-44-46(41)40-28-27-37(30-45(40)54-44)53-42-18-8-6-15-38(42)39-16-7-9-19-43(39)53/h1-30H. The van der Waals surface area contributed by atoms with Gasteiger partial charge in [0.2, 0.25) is 0 Å². The maximum absolute atomic E-state index is 6.60. The molecule has 11 rings (SSSR count). The minimum Gasteiger partial charge on any atom is -0.456 e. The van der Waals surface area contributed by atoms with Gasteiger partial charge in [0, 0.05) is 50.0 Å². The molecule has 8 aromatic carbocycles. The highest BCUT2D eigenvalue weighted by Gasteiger charge is 2.19. The van der Waals surface area contributed by atoms with Gasteiger partial charge in [-0.25, -0.2) is 15.0 Å². The van der Waals surface area contributed by atoms with Gasteiger partial charge in [-0.2, -0.15) is 0 Å². The molecular weight excluding hydrogens is 661 g/mol. The van der Waals surface area contributed by atoms with Gasteiger partial charge in [-0.05, 0) is 58.3 Å². The molecule has 54 heavy (non-hydrogen) atoms. The minimum absolute atomic E-state index is 0.595. The Hall–Kier alpha value is -7.37. The van der Waals surface area contributed by atoms with E-state index in [1.54, 1.807) is 0 Å². The Morgan fingerprint density at radius 2 is 0.981 bits per heavy atom. The van der Waals surface area contributed by atoms with E-state index in [2.05, 4.69) is 144 Å². The summed E-state index contributed by atoms with van der Waals surface area (Å²) in [4.78, 5) is 15.2. The fourth-order valence-corrected chi connectivity index (χ4v) is 7.86. The molecule has 0 unspecified atom stereocenters. The van der Waals surface area contributed by atoms with Crippen LogP contribution in [0.25, 0.3) is 105 Å². The van der Waals surface area contributed by atoms with Crippen LogP contribution in [0.15, 0.2) is 186 Å². The summed E-state index contributed by atoms with van der Waals surface area (Å²) in [6.07, 6.45) is 0. The molecule has 3 aromatic heterocycles. The van der Waals surface area contributed by atoms with Crippen molar-refractivity contribution in [1.82, 2.24) is 19.5 Å². The summed E-state index contributed by atoms with van der Waals surface area (Å²) in [5, 5.41) is 6.88. The van der Waals surface area contributed by atoms with Gasteiger partial charge in [-0.15, -0.1) is 0 Å². The Balaban J connectivity index is 1.05. The second-order valence-electron chi connectivity index (χ2n) is 13.6. The normalized spacial score (nSPS) is 11.7. The van der Waals surface area contributed by atoms with Crippen LogP contribution in [0.5, 0.6) is 0 Å². The fraction of sp³-hybridized carbons (Fsp3) is 0. The molecule has 0 spiro atoms. The molecule has 0 bridgehead atoms. The number of furan rings is 1. The van der Waals surface area contributed by atoms with Gasteiger partial charge in [0.25, 0.3) is 0 Å². The third-order valence-corrected chi connectivity index (χ3v) is 10.5. The number of hydrogen-bond donors (Lipinski definition) is 0. The van der Waals surface area contributed by atoms with Crippen LogP contribution in [-0.4, -0.2) is 19.5 Å². The molecule has 0 aliphatic carbocycles. The molecule has 0 saturated heterocycles. The summed E-state index contributed by atoms with van der Waals surface area (Å²) < 4.78 is 8.92. The Labute approximate surface area is 310 Å². The van der Waals surface area contributed by atoms with Gasteiger partial charge in [0.1, 0.15) is 11.2 Å². The van der Waals surface area contributed by atoms with E-state index >= 15 is 0 Å². The van der Waals surface area contributed by atoms with E-state index < -0.39 is 0 Å². The van der Waals surface area contributed by atoms with Crippen molar-refractivity contribution >= 4 is 54.5 Å². The summed E-state index contributed by atoms with van der Waals surface area (Å²) >= 11 is 0. The quantitative estimate of drug-likeness (QED) is 0.180. The van der Waals surface area contributed by atoms with Crippen molar-refractivity contribution in [3.05, 3.63) is 182 Å². The zero-order valence-corrected chi connectivity index (χ0v) is 29.0. The molecule has 5 heteroatoms. The van der Waals surface area contributed by atoms with Crippen LogP contribution in [0.1, 0.15) is 0 Å². The second kappa shape index (κ2) is 12.1. The SMILES string of the molecule is c1ccc(-c2nc(-c3ccc(-c4ccc5ccccc5c4)cc3)nc(-c3cccc4oc5cc(-n6c7ccccc7c7ccccc76)ccc5c34)n2)cc1. The third-order valence-electron chi connectivity index (χ3n) is 10.5. The van der Waals surface area contributed by atoms with Gasteiger partial charge in [-0.1, -0.05) is 140 Å². The highest BCUT2D eigenvalue weighted by Crippen LogP contribution is 2.39. The zero-order valence-electron chi connectivity index (χ0n) is 29.0. The zero-order chi connectivity index (χ0) is 35.6. The van der Waals surface area contributed by atoms with Crippen molar-refractivity contribution in [3.63, 3.8) is 0 Å². The van der Waals surface area contributed by atoms with E-state index in [1.807, 2.05) is 42.5 Å². The summed E-state index contributed by atoms with van der Waals surface area (Å²) in [5.74, 6) is 1.83. The van der Waals surface area contributed by atoms with Crippen LogP contribution in [0, 0.1) is 0 Å². The van der Waals surface area contributed by atoms with Crippen molar-refractivity contribution < 1.29 is 4.42 Å². The number of aromatic nitrogens is 4. The van der Waals surface area contributed by atoms with E-state index in [1.165, 1.54) is 27.1 Å². The second-order valence-corrected chi connectivity index (χ2v) is 13.6. The molecule has 0 saturated carbocycles. The van der Waals surface area contributed by atoms with E-state index in [9.17, 15) is 0 Å². The molecule has 252 valence electrons. The van der Waals surface area contributed by atoms with Crippen molar-refractivity contribution in [3.8, 4) is 51.0 Å². The average molecular weight is 691 g/mol. The first-order chi connectivity index (χ1) is 26.7.